The molecule has 1 heterocycles. The normalized spacial score (nSPS) is 13.2. The molecule has 1 aromatic rings. The summed E-state index contributed by atoms with van der Waals surface area (Å²) in [4.78, 5) is 7.74. The van der Waals surface area contributed by atoms with E-state index in [4.69, 9.17) is 15.3 Å². The lowest BCUT2D eigenvalue weighted by molar-refractivity contribution is -0.190. The predicted octanol–water partition coefficient (Wildman–Crippen LogP) is 1.63. The van der Waals surface area contributed by atoms with Crippen LogP contribution in [-0.4, -0.2) is 28.9 Å². The lowest BCUT2D eigenvalue weighted by atomic mass is 10.4. The maximum atomic E-state index is 12.4. The van der Waals surface area contributed by atoms with Gasteiger partial charge in [0.15, 0.2) is 11.9 Å². The van der Waals surface area contributed by atoms with E-state index in [2.05, 4.69) is 15.4 Å². The van der Waals surface area contributed by atoms with E-state index in [1.54, 1.807) is 6.92 Å². The summed E-state index contributed by atoms with van der Waals surface area (Å²) in [5.41, 5.74) is 2.23. The number of alkyl halides is 3. The van der Waals surface area contributed by atoms with Crippen LogP contribution >= 0.6 is 0 Å². The molecule has 0 fully saturated rings. The van der Waals surface area contributed by atoms with E-state index in [1.165, 1.54) is 6.07 Å². The molecule has 0 aliphatic carbocycles. The average molecular weight is 280 g/mol. The standard InChI is InChI=1S/C10H15F3N4O2/c1-3-18-5-8-15-7(17-14)4-9(16-8)19-6(2)10(11,12)13/h4,6H,3,5,14H2,1-2H3,(H,15,16,17). The number of nitrogens with zero attached hydrogens (tertiary/aromatic N) is 2. The zero-order chi connectivity index (χ0) is 14.5. The fraction of sp³-hybridized carbons (Fsp3) is 0.600. The molecule has 0 aliphatic heterocycles. The van der Waals surface area contributed by atoms with E-state index < -0.39 is 12.3 Å². The van der Waals surface area contributed by atoms with Gasteiger partial charge in [-0.3, -0.25) is 0 Å². The Morgan fingerprint density at radius 3 is 2.63 bits per heavy atom. The van der Waals surface area contributed by atoms with Gasteiger partial charge in [0.1, 0.15) is 12.4 Å². The summed E-state index contributed by atoms with van der Waals surface area (Å²) in [6.07, 6.45) is -6.45. The van der Waals surface area contributed by atoms with Crippen molar-refractivity contribution in [3.63, 3.8) is 0 Å². The van der Waals surface area contributed by atoms with Crippen LogP contribution < -0.4 is 16.0 Å². The van der Waals surface area contributed by atoms with E-state index in [0.29, 0.717) is 6.61 Å². The summed E-state index contributed by atoms with van der Waals surface area (Å²) >= 11 is 0. The van der Waals surface area contributed by atoms with E-state index >= 15 is 0 Å². The molecular weight excluding hydrogens is 265 g/mol. The molecule has 6 nitrogen and oxygen atoms in total. The van der Waals surface area contributed by atoms with Gasteiger partial charge in [-0.2, -0.15) is 18.2 Å². The summed E-state index contributed by atoms with van der Waals surface area (Å²) in [6, 6.07) is 1.18. The third-order valence-electron chi connectivity index (χ3n) is 2.09. The van der Waals surface area contributed by atoms with Crippen LogP contribution in [0.4, 0.5) is 19.0 Å². The van der Waals surface area contributed by atoms with Gasteiger partial charge in [0.25, 0.3) is 0 Å². The van der Waals surface area contributed by atoms with Crippen molar-refractivity contribution in [2.75, 3.05) is 12.0 Å². The Hall–Kier alpha value is -1.61. The Morgan fingerprint density at radius 1 is 1.42 bits per heavy atom. The number of nitrogens with one attached hydrogen (secondary N) is 1. The summed E-state index contributed by atoms with van der Waals surface area (Å²) in [5.74, 6) is 5.28. The first-order valence-corrected chi connectivity index (χ1v) is 5.52. The molecule has 108 valence electrons. The van der Waals surface area contributed by atoms with Gasteiger partial charge in [0.2, 0.25) is 5.88 Å². The van der Waals surface area contributed by atoms with Crippen LogP contribution in [0.5, 0.6) is 5.88 Å². The molecule has 0 aromatic carbocycles. The Kier molecular flexibility index (Phi) is 5.31. The van der Waals surface area contributed by atoms with E-state index in [9.17, 15) is 13.2 Å². The molecule has 0 saturated heterocycles. The minimum atomic E-state index is -4.47. The lowest BCUT2D eigenvalue weighted by Gasteiger charge is -2.17. The molecular formula is C10H15F3N4O2. The van der Waals surface area contributed by atoms with Gasteiger partial charge < -0.3 is 14.9 Å². The zero-order valence-electron chi connectivity index (χ0n) is 10.5. The molecule has 0 amide bonds. The Balaban J connectivity index is 2.87. The van der Waals surface area contributed by atoms with Crippen LogP contribution in [0.15, 0.2) is 6.07 Å². The number of anilines is 1. The van der Waals surface area contributed by atoms with Crippen molar-refractivity contribution in [3.8, 4) is 5.88 Å². The van der Waals surface area contributed by atoms with Gasteiger partial charge in [0.05, 0.1) is 0 Å². The lowest BCUT2D eigenvalue weighted by Crippen LogP contribution is -2.31. The summed E-state index contributed by atoms with van der Waals surface area (Å²) < 4.78 is 47.0. The topological polar surface area (TPSA) is 82.3 Å². The van der Waals surface area contributed by atoms with Gasteiger partial charge >= 0.3 is 6.18 Å². The number of hydrazine groups is 1. The highest BCUT2D eigenvalue weighted by molar-refractivity contribution is 5.37. The second-order valence-electron chi connectivity index (χ2n) is 3.59. The van der Waals surface area contributed by atoms with Crippen molar-refractivity contribution >= 4 is 5.82 Å². The molecule has 9 heteroatoms. The van der Waals surface area contributed by atoms with Gasteiger partial charge in [0, 0.05) is 12.7 Å². The van der Waals surface area contributed by atoms with Crippen molar-refractivity contribution in [1.29, 1.82) is 0 Å². The molecule has 3 N–H and O–H groups in total. The van der Waals surface area contributed by atoms with Crippen LogP contribution in [0.25, 0.3) is 0 Å². The zero-order valence-corrected chi connectivity index (χ0v) is 10.5. The van der Waals surface area contributed by atoms with E-state index in [1.807, 2.05) is 0 Å². The van der Waals surface area contributed by atoms with Crippen LogP contribution in [0.1, 0.15) is 19.7 Å². The molecule has 1 atom stereocenters. The van der Waals surface area contributed by atoms with Crippen LogP contribution in [-0.2, 0) is 11.3 Å². The number of rotatable bonds is 6. The number of hydrogen-bond donors (Lipinski definition) is 2. The second-order valence-corrected chi connectivity index (χ2v) is 3.59. The molecule has 1 rings (SSSR count). The number of nitrogen functional groups attached to an aromatic ring is 1. The molecule has 0 spiro atoms. The number of aromatic nitrogens is 2. The van der Waals surface area contributed by atoms with Gasteiger partial charge in [-0.1, -0.05) is 0 Å². The van der Waals surface area contributed by atoms with Crippen LogP contribution in [0.3, 0.4) is 0 Å². The summed E-state index contributed by atoms with van der Waals surface area (Å²) in [7, 11) is 0. The van der Waals surface area contributed by atoms with Crippen molar-refractivity contribution in [2.24, 2.45) is 5.84 Å². The van der Waals surface area contributed by atoms with Crippen molar-refractivity contribution in [3.05, 3.63) is 11.9 Å². The maximum Gasteiger partial charge on any atom is 0.425 e. The van der Waals surface area contributed by atoms with E-state index in [0.717, 1.165) is 6.92 Å². The molecule has 1 aromatic heterocycles. The molecule has 0 saturated carbocycles. The third-order valence-corrected chi connectivity index (χ3v) is 2.09. The maximum absolute atomic E-state index is 12.4. The van der Waals surface area contributed by atoms with Crippen LogP contribution in [0.2, 0.25) is 0 Å². The van der Waals surface area contributed by atoms with Crippen molar-refractivity contribution < 1.29 is 22.6 Å². The molecule has 19 heavy (non-hydrogen) atoms. The minimum absolute atomic E-state index is 0.0583. The first kappa shape index (κ1) is 15.4. The first-order chi connectivity index (χ1) is 8.86. The number of hydrogen-bond acceptors (Lipinski definition) is 6. The van der Waals surface area contributed by atoms with Gasteiger partial charge in [-0.15, -0.1) is 0 Å². The Labute approximate surface area is 108 Å². The minimum Gasteiger partial charge on any atom is -0.465 e. The fourth-order valence-corrected chi connectivity index (χ4v) is 1.11. The third kappa shape index (κ3) is 4.87. The number of nitrogens with two attached hydrogens (primary N) is 1. The summed E-state index contributed by atoms with van der Waals surface area (Å²) in [5, 5.41) is 0. The van der Waals surface area contributed by atoms with Gasteiger partial charge in [-0.25, -0.2) is 10.8 Å². The van der Waals surface area contributed by atoms with Crippen molar-refractivity contribution in [1.82, 2.24) is 9.97 Å². The van der Waals surface area contributed by atoms with Gasteiger partial charge in [-0.05, 0) is 13.8 Å². The molecule has 1 unspecified atom stereocenters. The fourth-order valence-electron chi connectivity index (χ4n) is 1.11. The Bertz CT molecular complexity index is 414. The molecule has 0 radical (unpaired) electrons. The SMILES string of the molecule is CCOCc1nc(NN)cc(OC(C)C(F)(F)F)n1. The highest BCUT2D eigenvalue weighted by atomic mass is 19.4. The molecule has 0 aliphatic rings. The first-order valence-electron chi connectivity index (χ1n) is 5.52. The second kappa shape index (κ2) is 6.53. The Morgan fingerprint density at radius 2 is 2.11 bits per heavy atom. The quantitative estimate of drug-likeness (QED) is 0.609. The largest absolute Gasteiger partial charge is 0.465 e. The van der Waals surface area contributed by atoms with E-state index in [-0.39, 0.29) is 24.1 Å². The smallest absolute Gasteiger partial charge is 0.425 e. The molecule has 0 bridgehead atoms. The monoisotopic (exact) mass is 280 g/mol. The highest BCUT2D eigenvalue weighted by Crippen LogP contribution is 2.24. The summed E-state index contributed by atoms with van der Waals surface area (Å²) in [6.45, 7) is 3.15. The number of ether oxygens (including phenoxy) is 2. The van der Waals surface area contributed by atoms with Crippen molar-refractivity contribution in [2.45, 2.75) is 32.7 Å². The average Bonchev–Trinajstić information content (AvgIpc) is 2.34. The predicted molar refractivity (Wildman–Crippen MR) is 61.3 cm³/mol. The number of halogens is 3. The van der Waals surface area contributed by atoms with Crippen LogP contribution in [0, 0.1) is 0 Å². The highest BCUT2D eigenvalue weighted by Gasteiger charge is 2.38.